The summed E-state index contributed by atoms with van der Waals surface area (Å²) in [5.41, 5.74) is -0.857. The van der Waals surface area contributed by atoms with Crippen LogP contribution in [0.5, 0.6) is 5.75 Å². The minimum atomic E-state index is -4.80. The molecule has 0 aliphatic rings. The van der Waals surface area contributed by atoms with Crippen LogP contribution in [0.15, 0.2) is 29.6 Å². The number of carbonyl (C=O) groups is 1. The molecular formula is C16H10ClF5N4O2S. The van der Waals surface area contributed by atoms with Crippen LogP contribution in [0.1, 0.15) is 16.2 Å². The Bertz CT molecular complexity index is 1030. The first-order valence-corrected chi connectivity index (χ1v) is 8.94. The molecule has 0 atom stereocenters. The van der Waals surface area contributed by atoms with Crippen molar-refractivity contribution >= 4 is 34.0 Å². The Labute approximate surface area is 168 Å². The number of aromatic nitrogens is 3. The summed E-state index contributed by atoms with van der Waals surface area (Å²) in [7, 11) is 1.16. The summed E-state index contributed by atoms with van der Waals surface area (Å²) in [4.78, 5) is 16.5. The van der Waals surface area contributed by atoms with E-state index in [0.717, 1.165) is 23.1 Å². The highest BCUT2D eigenvalue weighted by Gasteiger charge is 2.39. The fourth-order valence-electron chi connectivity index (χ4n) is 2.35. The minimum absolute atomic E-state index is 0.0289. The predicted octanol–water partition coefficient (Wildman–Crippen LogP) is 5.07. The molecule has 29 heavy (non-hydrogen) atoms. The highest BCUT2D eigenvalue weighted by molar-refractivity contribution is 7.14. The average Bonchev–Trinajstić information content (AvgIpc) is 3.19. The van der Waals surface area contributed by atoms with Gasteiger partial charge in [0.15, 0.2) is 10.8 Å². The van der Waals surface area contributed by atoms with E-state index in [1.807, 2.05) is 0 Å². The summed E-state index contributed by atoms with van der Waals surface area (Å²) in [6.45, 7) is -2.95. The molecule has 13 heteroatoms. The number of ether oxygens (including phenoxy) is 1. The molecule has 154 valence electrons. The first-order chi connectivity index (χ1) is 13.6. The number of hydrogen-bond acceptors (Lipinski definition) is 5. The smallest absolute Gasteiger partial charge is 0.435 e. The molecule has 2 heterocycles. The zero-order valence-electron chi connectivity index (χ0n) is 14.3. The van der Waals surface area contributed by atoms with Gasteiger partial charge in [-0.3, -0.25) is 14.8 Å². The van der Waals surface area contributed by atoms with Crippen LogP contribution in [0.3, 0.4) is 0 Å². The molecule has 0 bridgehead atoms. The van der Waals surface area contributed by atoms with Gasteiger partial charge in [-0.1, -0.05) is 11.6 Å². The summed E-state index contributed by atoms with van der Waals surface area (Å²) >= 11 is 6.70. The van der Waals surface area contributed by atoms with Gasteiger partial charge in [0.1, 0.15) is 16.5 Å². The van der Waals surface area contributed by atoms with E-state index in [0.29, 0.717) is 11.3 Å². The largest absolute Gasteiger partial charge is 0.436 e. The number of nitrogens with one attached hydrogen (secondary N) is 1. The highest BCUT2D eigenvalue weighted by Crippen LogP contribution is 2.35. The fourth-order valence-corrected chi connectivity index (χ4v) is 3.42. The zero-order valence-corrected chi connectivity index (χ0v) is 15.9. The summed E-state index contributed by atoms with van der Waals surface area (Å²) in [6.07, 6.45) is -4.80. The molecule has 0 radical (unpaired) electrons. The van der Waals surface area contributed by atoms with Crippen LogP contribution < -0.4 is 10.1 Å². The molecule has 1 amide bonds. The molecule has 0 saturated heterocycles. The molecule has 0 aliphatic heterocycles. The number of benzene rings is 1. The van der Waals surface area contributed by atoms with E-state index in [1.54, 1.807) is 5.38 Å². The van der Waals surface area contributed by atoms with Gasteiger partial charge in [-0.05, 0) is 24.3 Å². The van der Waals surface area contributed by atoms with Crippen molar-refractivity contribution in [3.05, 3.63) is 46.1 Å². The van der Waals surface area contributed by atoms with Gasteiger partial charge in [0.05, 0.1) is 5.69 Å². The van der Waals surface area contributed by atoms with Crippen LogP contribution >= 0.6 is 22.9 Å². The van der Waals surface area contributed by atoms with Crippen molar-refractivity contribution in [3.8, 4) is 17.0 Å². The van der Waals surface area contributed by atoms with Crippen molar-refractivity contribution in [3.63, 3.8) is 0 Å². The maximum Gasteiger partial charge on any atom is 0.436 e. The fraction of sp³-hybridized carbons (Fsp3) is 0.188. The molecule has 3 rings (SSSR count). The lowest BCUT2D eigenvalue weighted by Crippen LogP contribution is -2.16. The Morgan fingerprint density at radius 2 is 1.93 bits per heavy atom. The second kappa shape index (κ2) is 7.95. The molecule has 2 aromatic heterocycles. The van der Waals surface area contributed by atoms with E-state index < -0.39 is 35.1 Å². The van der Waals surface area contributed by atoms with Gasteiger partial charge < -0.3 is 4.74 Å². The molecule has 0 saturated carbocycles. The number of alkyl halides is 5. The summed E-state index contributed by atoms with van der Waals surface area (Å²) in [6, 6.07) is 5.64. The highest BCUT2D eigenvalue weighted by atomic mass is 35.5. The SMILES string of the molecule is Cn1nc(C(F)(F)F)c(Cl)c1C(=O)Nc1nc(-c2ccc(OC(F)F)cc2)cs1. The number of aryl methyl sites for hydroxylation is 1. The number of halogens is 6. The quantitative estimate of drug-likeness (QED) is 0.549. The number of amides is 1. The Hall–Kier alpha value is -2.73. The van der Waals surface area contributed by atoms with E-state index >= 15 is 0 Å². The van der Waals surface area contributed by atoms with E-state index in [-0.39, 0.29) is 10.9 Å². The van der Waals surface area contributed by atoms with E-state index in [9.17, 15) is 26.7 Å². The molecule has 6 nitrogen and oxygen atoms in total. The van der Waals surface area contributed by atoms with Gasteiger partial charge in [0, 0.05) is 18.0 Å². The van der Waals surface area contributed by atoms with E-state index in [4.69, 9.17) is 11.6 Å². The number of carbonyl (C=O) groups excluding carboxylic acids is 1. The van der Waals surface area contributed by atoms with E-state index in [1.165, 1.54) is 24.3 Å². The Kier molecular flexibility index (Phi) is 5.75. The van der Waals surface area contributed by atoms with Crippen molar-refractivity contribution in [1.82, 2.24) is 14.8 Å². The van der Waals surface area contributed by atoms with Crippen molar-refractivity contribution in [2.75, 3.05) is 5.32 Å². The summed E-state index contributed by atoms with van der Waals surface area (Å²) in [5.74, 6) is -0.944. The first kappa shape index (κ1) is 21.0. The van der Waals surface area contributed by atoms with Gasteiger partial charge in [-0.15, -0.1) is 11.3 Å². The van der Waals surface area contributed by atoms with Crippen LogP contribution in [0.4, 0.5) is 27.1 Å². The van der Waals surface area contributed by atoms with Crippen molar-refractivity contribution < 1.29 is 31.5 Å². The number of hydrogen-bond donors (Lipinski definition) is 1. The molecule has 1 aromatic carbocycles. The van der Waals surface area contributed by atoms with E-state index in [2.05, 4.69) is 20.1 Å². The molecule has 3 aromatic rings. The predicted molar refractivity (Wildman–Crippen MR) is 95.4 cm³/mol. The monoisotopic (exact) mass is 452 g/mol. The second-order valence-corrected chi connectivity index (χ2v) is 6.76. The lowest BCUT2D eigenvalue weighted by Gasteiger charge is -2.04. The summed E-state index contributed by atoms with van der Waals surface area (Å²) < 4.78 is 68.0. The normalized spacial score (nSPS) is 11.7. The van der Waals surface area contributed by atoms with Crippen LogP contribution in [0.2, 0.25) is 5.02 Å². The van der Waals surface area contributed by atoms with Crippen LogP contribution in [-0.4, -0.2) is 27.3 Å². The Morgan fingerprint density at radius 3 is 2.48 bits per heavy atom. The number of rotatable bonds is 5. The third-order valence-electron chi connectivity index (χ3n) is 3.57. The molecule has 0 spiro atoms. The van der Waals surface area contributed by atoms with Gasteiger partial charge in [0.25, 0.3) is 5.91 Å². The zero-order chi connectivity index (χ0) is 21.3. The molecule has 0 fully saturated rings. The van der Waals surface area contributed by atoms with Crippen LogP contribution in [-0.2, 0) is 13.2 Å². The number of thiazole rings is 1. The maximum absolute atomic E-state index is 12.9. The van der Waals surface area contributed by atoms with Gasteiger partial charge in [0.2, 0.25) is 0 Å². The minimum Gasteiger partial charge on any atom is -0.435 e. The lowest BCUT2D eigenvalue weighted by molar-refractivity contribution is -0.141. The average molecular weight is 453 g/mol. The van der Waals surface area contributed by atoms with Crippen molar-refractivity contribution in [1.29, 1.82) is 0 Å². The van der Waals surface area contributed by atoms with Crippen molar-refractivity contribution in [2.24, 2.45) is 7.05 Å². The third kappa shape index (κ3) is 4.65. The molecule has 1 N–H and O–H groups in total. The number of anilines is 1. The van der Waals surface area contributed by atoms with Crippen LogP contribution in [0.25, 0.3) is 11.3 Å². The lowest BCUT2D eigenvalue weighted by atomic mass is 10.2. The van der Waals surface area contributed by atoms with Gasteiger partial charge >= 0.3 is 12.8 Å². The first-order valence-electron chi connectivity index (χ1n) is 7.68. The van der Waals surface area contributed by atoms with Gasteiger partial charge in [-0.25, -0.2) is 4.98 Å². The Balaban J connectivity index is 1.77. The van der Waals surface area contributed by atoms with Gasteiger partial charge in [-0.2, -0.15) is 27.1 Å². The Morgan fingerprint density at radius 1 is 1.28 bits per heavy atom. The van der Waals surface area contributed by atoms with Crippen LogP contribution in [0, 0.1) is 0 Å². The van der Waals surface area contributed by atoms with Crippen molar-refractivity contribution in [2.45, 2.75) is 12.8 Å². The molecule has 0 unspecified atom stereocenters. The number of nitrogens with zero attached hydrogens (tertiary/aromatic N) is 3. The standard InChI is InChI=1S/C16H10ClF5N4O2S/c1-26-11(10(17)12(25-26)16(20,21)22)13(27)24-15-23-9(6-29-15)7-2-4-8(5-3-7)28-14(18)19/h2-6,14H,1H3,(H,23,24,27). The molecular weight excluding hydrogens is 443 g/mol. The second-order valence-electron chi connectivity index (χ2n) is 5.53. The summed E-state index contributed by atoms with van der Waals surface area (Å²) in [5, 5.41) is 6.47. The third-order valence-corrected chi connectivity index (χ3v) is 4.69. The maximum atomic E-state index is 12.9. The molecule has 0 aliphatic carbocycles. The topological polar surface area (TPSA) is 69.0 Å².